The number of thiophene rings is 1. The van der Waals surface area contributed by atoms with Crippen molar-refractivity contribution >= 4 is 23.1 Å². The lowest BCUT2D eigenvalue weighted by Gasteiger charge is -1.99. The van der Waals surface area contributed by atoms with Gasteiger partial charge in [0.25, 0.3) is 0 Å². The summed E-state index contributed by atoms with van der Waals surface area (Å²) < 4.78 is 0. The third kappa shape index (κ3) is 2.13. The minimum atomic E-state index is 0.860. The maximum atomic E-state index is 4.47. The van der Waals surface area contributed by atoms with E-state index in [4.69, 9.17) is 0 Å². The van der Waals surface area contributed by atoms with Crippen LogP contribution in [-0.4, -0.2) is 15.7 Å². The van der Waals surface area contributed by atoms with E-state index in [2.05, 4.69) is 28.3 Å². The molecule has 0 aliphatic carbocycles. The molecule has 0 aliphatic rings. The molecule has 2 aromatic rings. The molecule has 0 spiro atoms. The second-order valence-corrected chi connectivity index (χ2v) is 4.81. The molecule has 2 heterocycles. The summed E-state index contributed by atoms with van der Waals surface area (Å²) in [7, 11) is 0. The van der Waals surface area contributed by atoms with Crippen LogP contribution >= 0.6 is 23.1 Å². The molecule has 0 aromatic carbocycles. The van der Waals surface area contributed by atoms with Gasteiger partial charge < -0.3 is 0 Å². The highest BCUT2D eigenvalue weighted by Crippen LogP contribution is 2.23. The molecule has 0 saturated carbocycles. The van der Waals surface area contributed by atoms with E-state index >= 15 is 0 Å². The van der Waals surface area contributed by atoms with Gasteiger partial charge in [-0.3, -0.25) is 0 Å². The largest absolute Gasteiger partial charge is 0.231 e. The monoisotopic (exact) mass is 222 g/mol. The molecule has 2 rings (SSSR count). The van der Waals surface area contributed by atoms with Crippen LogP contribution in [0.25, 0.3) is 10.6 Å². The zero-order valence-corrected chi connectivity index (χ0v) is 9.44. The Morgan fingerprint density at radius 2 is 2.36 bits per heavy atom. The predicted octanol–water partition coefficient (Wildman–Crippen LogP) is 3.32. The van der Waals surface area contributed by atoms with E-state index in [-0.39, 0.29) is 0 Å². The van der Waals surface area contributed by atoms with Crippen molar-refractivity contribution in [1.82, 2.24) is 9.97 Å². The van der Waals surface area contributed by atoms with E-state index in [1.807, 2.05) is 18.3 Å². The van der Waals surface area contributed by atoms with E-state index in [0.29, 0.717) is 0 Å². The van der Waals surface area contributed by atoms with Gasteiger partial charge >= 0.3 is 0 Å². The summed E-state index contributed by atoms with van der Waals surface area (Å²) in [5, 5.41) is 2.92. The first-order valence-corrected chi connectivity index (χ1v) is 6.26. The fraction of sp³-hybridized carbons (Fsp3) is 0.200. The van der Waals surface area contributed by atoms with Crippen LogP contribution in [0.15, 0.2) is 34.9 Å². The van der Waals surface area contributed by atoms with Crippen molar-refractivity contribution in [2.75, 3.05) is 5.75 Å². The molecule has 14 heavy (non-hydrogen) atoms. The zero-order chi connectivity index (χ0) is 9.80. The van der Waals surface area contributed by atoms with Crippen molar-refractivity contribution in [1.29, 1.82) is 0 Å². The third-order valence-corrected chi connectivity index (χ3v) is 3.32. The quantitative estimate of drug-likeness (QED) is 0.588. The van der Waals surface area contributed by atoms with Crippen molar-refractivity contribution in [3.63, 3.8) is 0 Å². The Balaban J connectivity index is 2.31. The molecule has 0 atom stereocenters. The van der Waals surface area contributed by atoms with Crippen LogP contribution in [0.5, 0.6) is 0 Å². The molecule has 2 nitrogen and oxygen atoms in total. The second-order valence-electron chi connectivity index (χ2n) is 2.63. The van der Waals surface area contributed by atoms with Gasteiger partial charge in [-0.1, -0.05) is 24.8 Å². The van der Waals surface area contributed by atoms with E-state index < -0.39 is 0 Å². The lowest BCUT2D eigenvalue weighted by atomic mass is 10.3. The molecule has 72 valence electrons. The van der Waals surface area contributed by atoms with Crippen molar-refractivity contribution in [2.45, 2.75) is 12.1 Å². The maximum absolute atomic E-state index is 4.47. The van der Waals surface area contributed by atoms with Crippen LogP contribution in [0.2, 0.25) is 0 Å². The van der Waals surface area contributed by atoms with Crippen LogP contribution in [0.4, 0.5) is 0 Å². The van der Waals surface area contributed by atoms with Crippen LogP contribution in [0.3, 0.4) is 0 Å². The molecule has 0 amide bonds. The number of aromatic nitrogens is 2. The van der Waals surface area contributed by atoms with Crippen LogP contribution in [0.1, 0.15) is 6.92 Å². The van der Waals surface area contributed by atoms with E-state index in [9.17, 15) is 0 Å². The summed E-state index contributed by atoms with van der Waals surface area (Å²) >= 11 is 3.37. The number of rotatable bonds is 3. The number of hydrogen-bond acceptors (Lipinski definition) is 4. The highest BCUT2D eigenvalue weighted by atomic mass is 32.2. The van der Waals surface area contributed by atoms with Gasteiger partial charge in [-0.05, 0) is 23.3 Å². The van der Waals surface area contributed by atoms with Crippen molar-refractivity contribution in [2.24, 2.45) is 0 Å². The molecule has 0 radical (unpaired) electrons. The van der Waals surface area contributed by atoms with Gasteiger partial charge in [0.1, 0.15) is 0 Å². The Morgan fingerprint density at radius 1 is 1.43 bits per heavy atom. The first-order valence-electron chi connectivity index (χ1n) is 4.40. The molecule has 0 N–H and O–H groups in total. The average molecular weight is 222 g/mol. The van der Waals surface area contributed by atoms with Crippen molar-refractivity contribution in [3.05, 3.63) is 29.8 Å². The summed E-state index contributed by atoms with van der Waals surface area (Å²) in [6.45, 7) is 2.10. The third-order valence-electron chi connectivity index (χ3n) is 1.68. The minimum Gasteiger partial charge on any atom is -0.231 e. The van der Waals surface area contributed by atoms with Crippen LogP contribution in [0, 0.1) is 0 Å². The highest BCUT2D eigenvalue weighted by molar-refractivity contribution is 7.99. The molecule has 2 aromatic heterocycles. The van der Waals surface area contributed by atoms with E-state index in [1.165, 1.54) is 4.88 Å². The molecule has 0 unspecified atom stereocenters. The normalized spacial score (nSPS) is 10.4. The second kappa shape index (κ2) is 4.57. The Labute approximate surface area is 91.4 Å². The van der Waals surface area contributed by atoms with Crippen LogP contribution < -0.4 is 0 Å². The SMILES string of the molecule is CCSc1nccc(-c2cccs2)n1. The Morgan fingerprint density at radius 3 is 3.07 bits per heavy atom. The topological polar surface area (TPSA) is 25.8 Å². The summed E-state index contributed by atoms with van der Waals surface area (Å²) in [5.41, 5.74) is 1.02. The Hall–Kier alpha value is -0.870. The molecular formula is C10H10N2S2. The van der Waals surface area contributed by atoms with Gasteiger partial charge in [0.15, 0.2) is 5.16 Å². The van der Waals surface area contributed by atoms with Gasteiger partial charge in [0.2, 0.25) is 0 Å². The smallest absolute Gasteiger partial charge is 0.188 e. The van der Waals surface area contributed by atoms with Crippen molar-refractivity contribution in [3.8, 4) is 10.6 Å². The minimum absolute atomic E-state index is 0.860. The molecule has 0 aliphatic heterocycles. The fourth-order valence-electron chi connectivity index (χ4n) is 1.10. The number of nitrogens with zero attached hydrogens (tertiary/aromatic N) is 2. The van der Waals surface area contributed by atoms with Gasteiger partial charge in [-0.15, -0.1) is 11.3 Å². The molecule has 0 saturated heterocycles. The summed E-state index contributed by atoms with van der Waals surface area (Å²) in [4.78, 5) is 9.86. The van der Waals surface area contributed by atoms with Crippen molar-refractivity contribution < 1.29 is 0 Å². The number of hydrogen-bond donors (Lipinski definition) is 0. The maximum Gasteiger partial charge on any atom is 0.188 e. The summed E-state index contributed by atoms with van der Waals surface area (Å²) in [6, 6.07) is 6.06. The molecule has 0 bridgehead atoms. The lowest BCUT2D eigenvalue weighted by molar-refractivity contribution is 0.975. The predicted molar refractivity (Wildman–Crippen MR) is 61.7 cm³/mol. The standard InChI is InChI=1S/C10H10N2S2/c1-2-13-10-11-6-5-8(12-10)9-4-3-7-14-9/h3-7H,2H2,1H3. The Bertz CT molecular complexity index is 398. The zero-order valence-electron chi connectivity index (χ0n) is 7.80. The molecular weight excluding hydrogens is 212 g/mol. The van der Waals surface area contributed by atoms with Gasteiger partial charge in [-0.2, -0.15) is 0 Å². The first kappa shape index (κ1) is 9.68. The highest BCUT2D eigenvalue weighted by Gasteiger charge is 2.02. The summed E-state index contributed by atoms with van der Waals surface area (Å²) in [5.74, 6) is 1.01. The van der Waals surface area contributed by atoms with E-state index in [0.717, 1.165) is 16.6 Å². The van der Waals surface area contributed by atoms with Gasteiger partial charge in [-0.25, -0.2) is 9.97 Å². The number of thioether (sulfide) groups is 1. The first-order chi connectivity index (χ1) is 6.90. The fourth-order valence-corrected chi connectivity index (χ4v) is 2.35. The molecule has 0 fully saturated rings. The molecule has 4 heteroatoms. The average Bonchev–Trinajstić information content (AvgIpc) is 2.71. The lowest BCUT2D eigenvalue weighted by Crippen LogP contribution is -1.87. The Kier molecular flexibility index (Phi) is 3.16. The summed E-state index contributed by atoms with van der Waals surface area (Å²) in [6.07, 6.45) is 1.82. The van der Waals surface area contributed by atoms with Crippen LogP contribution in [-0.2, 0) is 0 Å². The van der Waals surface area contributed by atoms with Gasteiger partial charge in [0.05, 0.1) is 10.6 Å². The van der Waals surface area contributed by atoms with E-state index in [1.54, 1.807) is 23.1 Å². The van der Waals surface area contributed by atoms with Gasteiger partial charge in [0, 0.05) is 6.20 Å².